The third kappa shape index (κ3) is 5.36. The van der Waals surface area contributed by atoms with E-state index in [-0.39, 0.29) is 18.3 Å². The molecule has 0 atom stereocenters. The molecule has 0 fully saturated rings. The second kappa shape index (κ2) is 9.71. The minimum Gasteiger partial charge on any atom is -0.470 e. The number of rotatable bonds is 8. The van der Waals surface area contributed by atoms with Gasteiger partial charge in [0.1, 0.15) is 26.6 Å². The van der Waals surface area contributed by atoms with Crippen LogP contribution in [0.25, 0.3) is 0 Å². The molecule has 0 radical (unpaired) electrons. The summed E-state index contributed by atoms with van der Waals surface area (Å²) in [7, 11) is 0. The monoisotopic (exact) mass is 475 g/mol. The molecule has 3 rings (SSSR count). The first kappa shape index (κ1) is 21.8. The number of halogens is 4. The van der Waals surface area contributed by atoms with Gasteiger partial charge in [0.15, 0.2) is 6.73 Å². The number of aromatic nitrogens is 4. The Kier molecular flexibility index (Phi) is 7.29. The van der Waals surface area contributed by atoms with Gasteiger partial charge in [0.05, 0.1) is 10.7 Å². The maximum atomic E-state index is 12.2. The van der Waals surface area contributed by atoms with Crippen LogP contribution in [0, 0.1) is 6.92 Å². The zero-order chi connectivity index (χ0) is 21.0. The van der Waals surface area contributed by atoms with Crippen LogP contribution in [0.1, 0.15) is 22.6 Å². The second-order valence-electron chi connectivity index (χ2n) is 6.09. The maximum absolute atomic E-state index is 12.2. The fraction of sp³-hybridized carbons (Fsp3) is 0.278. The second-order valence-corrected chi connectivity index (χ2v) is 7.61. The van der Waals surface area contributed by atoms with E-state index in [4.69, 9.17) is 51.1 Å². The first-order valence-electron chi connectivity index (χ1n) is 8.63. The molecule has 0 spiro atoms. The van der Waals surface area contributed by atoms with Crippen LogP contribution in [0.3, 0.4) is 0 Å². The molecule has 1 aromatic carbocycles. The van der Waals surface area contributed by atoms with Crippen molar-refractivity contribution in [2.24, 2.45) is 0 Å². The van der Waals surface area contributed by atoms with Crippen molar-refractivity contribution in [1.82, 2.24) is 24.9 Å². The lowest BCUT2D eigenvalue weighted by Crippen LogP contribution is -2.26. The van der Waals surface area contributed by atoms with Crippen LogP contribution in [0.5, 0.6) is 5.75 Å². The summed E-state index contributed by atoms with van der Waals surface area (Å²) in [6, 6.07) is 6.71. The zero-order valence-electron chi connectivity index (χ0n) is 15.3. The normalized spacial score (nSPS) is 10.9. The predicted octanol–water partition coefficient (Wildman–Crippen LogP) is 4.86. The molecule has 7 nitrogen and oxygen atoms in total. The summed E-state index contributed by atoms with van der Waals surface area (Å²) < 4.78 is 8.68. The summed E-state index contributed by atoms with van der Waals surface area (Å²) in [6.45, 7) is 2.85. The zero-order valence-corrected chi connectivity index (χ0v) is 18.4. The minimum absolute atomic E-state index is 0.0885. The standard InChI is InChI=1S/C18H17Cl4N5O2/c1-11-15(20)17(22)27(24-11)8-3-7-23-18(28)13-6-9-26(25-13)10-29-14-5-2-4-12(19)16(14)21/h2,4-6,9H,3,7-8,10H2,1H3,(H,23,28). The molecule has 2 heterocycles. The Hall–Kier alpha value is -1.93. The third-order valence-corrected chi connectivity index (χ3v) is 5.71. The topological polar surface area (TPSA) is 74.0 Å². The molecule has 0 unspecified atom stereocenters. The number of hydrogen-bond donors (Lipinski definition) is 1. The highest BCUT2D eigenvalue weighted by molar-refractivity contribution is 6.43. The van der Waals surface area contributed by atoms with Crippen molar-refractivity contribution in [1.29, 1.82) is 0 Å². The number of nitrogens with one attached hydrogen (secondary N) is 1. The molecule has 3 aromatic rings. The Morgan fingerprint density at radius 3 is 2.66 bits per heavy atom. The van der Waals surface area contributed by atoms with Gasteiger partial charge in [-0.05, 0) is 31.5 Å². The molecular formula is C18H17Cl4N5O2. The molecule has 0 saturated heterocycles. The van der Waals surface area contributed by atoms with Gasteiger partial charge in [-0.2, -0.15) is 10.2 Å². The van der Waals surface area contributed by atoms with E-state index in [2.05, 4.69) is 15.5 Å². The van der Waals surface area contributed by atoms with E-state index in [0.717, 1.165) is 0 Å². The highest BCUT2D eigenvalue weighted by Gasteiger charge is 2.12. The van der Waals surface area contributed by atoms with Crippen molar-refractivity contribution in [2.45, 2.75) is 26.6 Å². The van der Waals surface area contributed by atoms with E-state index in [1.807, 2.05) is 0 Å². The van der Waals surface area contributed by atoms with Gasteiger partial charge in [0.2, 0.25) is 0 Å². The number of amides is 1. The van der Waals surface area contributed by atoms with Gasteiger partial charge in [0.25, 0.3) is 5.91 Å². The van der Waals surface area contributed by atoms with E-state index in [9.17, 15) is 4.79 Å². The van der Waals surface area contributed by atoms with E-state index in [1.165, 1.54) is 4.68 Å². The molecule has 29 heavy (non-hydrogen) atoms. The van der Waals surface area contributed by atoms with Gasteiger partial charge < -0.3 is 10.1 Å². The lowest BCUT2D eigenvalue weighted by molar-refractivity contribution is 0.0945. The summed E-state index contributed by atoms with van der Waals surface area (Å²) in [6.07, 6.45) is 2.28. The fourth-order valence-corrected chi connectivity index (χ4v) is 3.23. The number of carbonyl (C=O) groups excluding carboxylic acids is 1. The first-order valence-corrected chi connectivity index (χ1v) is 10.1. The Labute approximate surface area is 187 Å². The predicted molar refractivity (Wildman–Crippen MR) is 113 cm³/mol. The van der Waals surface area contributed by atoms with Crippen molar-refractivity contribution in [2.75, 3.05) is 6.54 Å². The van der Waals surface area contributed by atoms with E-state index >= 15 is 0 Å². The number of hydrogen-bond acceptors (Lipinski definition) is 4. The molecule has 0 aliphatic heterocycles. The SMILES string of the molecule is Cc1nn(CCCNC(=O)c2ccn(COc3cccc(Cl)c3Cl)n2)c(Cl)c1Cl. The number of benzene rings is 1. The lowest BCUT2D eigenvalue weighted by Gasteiger charge is -2.08. The number of carbonyl (C=O) groups is 1. The van der Waals surface area contributed by atoms with E-state index in [1.54, 1.807) is 42.1 Å². The summed E-state index contributed by atoms with van der Waals surface area (Å²) in [5.74, 6) is 0.151. The van der Waals surface area contributed by atoms with Crippen LogP contribution in [0.4, 0.5) is 0 Å². The van der Waals surface area contributed by atoms with Gasteiger partial charge >= 0.3 is 0 Å². The van der Waals surface area contributed by atoms with Crippen LogP contribution < -0.4 is 10.1 Å². The quantitative estimate of drug-likeness (QED) is 0.471. The lowest BCUT2D eigenvalue weighted by atomic mass is 10.3. The van der Waals surface area contributed by atoms with Gasteiger partial charge in [-0.3, -0.25) is 9.48 Å². The summed E-state index contributed by atoms with van der Waals surface area (Å²) in [5, 5.41) is 12.8. The number of nitrogens with zero attached hydrogens (tertiary/aromatic N) is 4. The molecule has 1 N–H and O–H groups in total. The van der Waals surface area contributed by atoms with Crippen LogP contribution in [-0.4, -0.2) is 32.0 Å². The van der Waals surface area contributed by atoms with Crippen molar-refractivity contribution in [3.8, 4) is 5.75 Å². The van der Waals surface area contributed by atoms with Crippen LogP contribution >= 0.6 is 46.4 Å². The summed E-state index contributed by atoms with van der Waals surface area (Å²) >= 11 is 24.1. The largest absolute Gasteiger partial charge is 0.470 e. The molecule has 0 aliphatic carbocycles. The van der Waals surface area contributed by atoms with Crippen LogP contribution in [0.15, 0.2) is 30.5 Å². The van der Waals surface area contributed by atoms with Crippen molar-refractivity contribution < 1.29 is 9.53 Å². The van der Waals surface area contributed by atoms with Crippen molar-refractivity contribution in [3.63, 3.8) is 0 Å². The molecular weight excluding hydrogens is 460 g/mol. The van der Waals surface area contributed by atoms with Crippen molar-refractivity contribution in [3.05, 3.63) is 62.1 Å². The molecule has 2 aromatic heterocycles. The average Bonchev–Trinajstić information content (AvgIpc) is 3.27. The number of ether oxygens (including phenoxy) is 1. The van der Waals surface area contributed by atoms with Crippen molar-refractivity contribution >= 4 is 52.3 Å². The Bertz CT molecular complexity index is 1020. The molecule has 11 heteroatoms. The molecule has 0 saturated carbocycles. The summed E-state index contributed by atoms with van der Waals surface area (Å²) in [4.78, 5) is 12.2. The van der Waals surface area contributed by atoms with Gasteiger partial charge in [0, 0.05) is 19.3 Å². The van der Waals surface area contributed by atoms with E-state index < -0.39 is 0 Å². The van der Waals surface area contributed by atoms with E-state index in [0.29, 0.717) is 51.2 Å². The van der Waals surface area contributed by atoms with Gasteiger partial charge in [-0.15, -0.1) is 0 Å². The molecule has 0 aliphatic rings. The third-order valence-electron chi connectivity index (χ3n) is 3.97. The average molecular weight is 477 g/mol. The highest BCUT2D eigenvalue weighted by atomic mass is 35.5. The fourth-order valence-electron chi connectivity index (χ4n) is 2.49. The number of aryl methyl sites for hydroxylation is 2. The molecule has 154 valence electrons. The van der Waals surface area contributed by atoms with Gasteiger partial charge in [-0.1, -0.05) is 52.5 Å². The van der Waals surface area contributed by atoms with Crippen LogP contribution in [0.2, 0.25) is 20.2 Å². The highest BCUT2D eigenvalue weighted by Crippen LogP contribution is 2.31. The minimum atomic E-state index is -0.287. The van der Waals surface area contributed by atoms with Gasteiger partial charge in [-0.25, -0.2) is 4.68 Å². The Morgan fingerprint density at radius 1 is 1.14 bits per heavy atom. The maximum Gasteiger partial charge on any atom is 0.271 e. The first-order chi connectivity index (χ1) is 13.9. The smallest absolute Gasteiger partial charge is 0.271 e. The van der Waals surface area contributed by atoms with Crippen LogP contribution in [-0.2, 0) is 13.3 Å². The summed E-state index contributed by atoms with van der Waals surface area (Å²) in [5.41, 5.74) is 0.953. The Morgan fingerprint density at radius 2 is 1.93 bits per heavy atom. The molecule has 1 amide bonds. The Balaban J connectivity index is 1.46. The molecule has 0 bridgehead atoms.